The molecule has 0 fully saturated rings. The number of carbonyl (C=O) groups excluding carboxylic acids is 1. The molecular weight excluding hydrogens is 230 g/mol. The van der Waals surface area contributed by atoms with E-state index in [0.29, 0.717) is 6.61 Å². The quantitative estimate of drug-likeness (QED) is 0.601. The van der Waals surface area contributed by atoms with E-state index in [0.717, 1.165) is 0 Å². The Balaban J connectivity index is 2.86. The van der Waals surface area contributed by atoms with Crippen molar-refractivity contribution in [2.75, 3.05) is 13.7 Å². The number of methoxy groups -OCH3 is 1. The molecule has 0 aliphatic carbocycles. The van der Waals surface area contributed by atoms with E-state index in [-0.39, 0.29) is 17.5 Å². The lowest BCUT2D eigenvalue weighted by molar-refractivity contribution is -0.386. The van der Waals surface area contributed by atoms with Gasteiger partial charge in [-0.15, -0.1) is 0 Å². The van der Waals surface area contributed by atoms with Gasteiger partial charge in [-0.3, -0.25) is 14.9 Å². The van der Waals surface area contributed by atoms with Crippen LogP contribution in [-0.2, 0) is 4.74 Å². The molecule has 17 heavy (non-hydrogen) atoms. The van der Waals surface area contributed by atoms with Gasteiger partial charge in [0, 0.05) is 20.1 Å². The lowest BCUT2D eigenvalue weighted by Gasteiger charge is -2.10. The summed E-state index contributed by atoms with van der Waals surface area (Å²) < 4.78 is 9.47. The predicted octanol–water partition coefficient (Wildman–Crippen LogP) is 0.656. The fourth-order valence-electron chi connectivity index (χ4n) is 1.32. The van der Waals surface area contributed by atoms with Crippen molar-refractivity contribution in [3.05, 3.63) is 21.6 Å². The summed E-state index contributed by atoms with van der Waals surface area (Å²) in [6.07, 6.45) is 0. The van der Waals surface area contributed by atoms with Crippen molar-refractivity contribution in [3.8, 4) is 0 Å². The molecule has 1 N–H and O–H groups in total. The summed E-state index contributed by atoms with van der Waals surface area (Å²) in [6.45, 7) is 3.39. The van der Waals surface area contributed by atoms with Crippen LogP contribution >= 0.6 is 0 Å². The van der Waals surface area contributed by atoms with Gasteiger partial charge >= 0.3 is 5.69 Å². The third kappa shape index (κ3) is 3.00. The van der Waals surface area contributed by atoms with Gasteiger partial charge in [-0.05, 0) is 6.92 Å². The standard InChI is InChI=1S/C9H13N3O5/c1-5(4-16-3)10-9(13)7-8(12(14)15)6(2)17-11-7/h5H,4H2,1-3H3,(H,10,13). The smallest absolute Gasteiger partial charge is 0.344 e. The van der Waals surface area contributed by atoms with Crippen molar-refractivity contribution >= 4 is 11.6 Å². The second kappa shape index (κ2) is 5.39. The minimum Gasteiger partial charge on any atom is -0.383 e. The molecule has 1 rings (SSSR count). The number of hydrogen-bond donors (Lipinski definition) is 1. The van der Waals surface area contributed by atoms with Crippen molar-refractivity contribution in [2.45, 2.75) is 19.9 Å². The number of hydrogen-bond acceptors (Lipinski definition) is 6. The summed E-state index contributed by atoms with van der Waals surface area (Å²) in [6, 6.07) is -0.274. The third-order valence-corrected chi connectivity index (χ3v) is 2.02. The zero-order chi connectivity index (χ0) is 13.0. The molecule has 8 nitrogen and oxygen atoms in total. The Morgan fingerprint density at radius 2 is 2.35 bits per heavy atom. The highest BCUT2D eigenvalue weighted by atomic mass is 16.6. The van der Waals surface area contributed by atoms with Crippen LogP contribution in [0.5, 0.6) is 0 Å². The Bertz CT molecular complexity index is 428. The number of ether oxygens (including phenoxy) is 1. The highest BCUT2D eigenvalue weighted by molar-refractivity contribution is 5.96. The summed E-state index contributed by atoms with van der Waals surface area (Å²) >= 11 is 0. The molecule has 1 amide bonds. The summed E-state index contributed by atoms with van der Waals surface area (Å²) in [5, 5.41) is 16.6. The molecule has 0 radical (unpaired) electrons. The number of nitrogens with one attached hydrogen (secondary N) is 1. The number of amides is 1. The second-order valence-corrected chi connectivity index (χ2v) is 3.52. The summed E-state index contributed by atoms with van der Waals surface area (Å²) in [5.74, 6) is -0.655. The number of rotatable bonds is 5. The average Bonchev–Trinajstić information content (AvgIpc) is 2.60. The van der Waals surface area contributed by atoms with Gasteiger partial charge in [-0.2, -0.15) is 0 Å². The fourth-order valence-corrected chi connectivity index (χ4v) is 1.32. The van der Waals surface area contributed by atoms with E-state index >= 15 is 0 Å². The summed E-state index contributed by atoms with van der Waals surface area (Å²) in [7, 11) is 1.49. The van der Waals surface area contributed by atoms with Crippen molar-refractivity contribution in [3.63, 3.8) is 0 Å². The minimum absolute atomic E-state index is 0.000422. The molecule has 1 aromatic rings. The zero-order valence-corrected chi connectivity index (χ0v) is 9.72. The largest absolute Gasteiger partial charge is 0.383 e. The Labute approximate surface area is 97.1 Å². The molecule has 0 aliphatic heterocycles. The second-order valence-electron chi connectivity index (χ2n) is 3.52. The Hall–Kier alpha value is -1.96. The van der Waals surface area contributed by atoms with Gasteiger partial charge in [0.2, 0.25) is 11.5 Å². The van der Waals surface area contributed by atoms with Crippen LogP contribution in [0.1, 0.15) is 23.2 Å². The van der Waals surface area contributed by atoms with Crippen LogP contribution in [0.15, 0.2) is 4.52 Å². The van der Waals surface area contributed by atoms with E-state index in [4.69, 9.17) is 4.74 Å². The third-order valence-electron chi connectivity index (χ3n) is 2.02. The van der Waals surface area contributed by atoms with E-state index in [1.807, 2.05) is 0 Å². The van der Waals surface area contributed by atoms with Gasteiger partial charge in [-0.25, -0.2) is 0 Å². The van der Waals surface area contributed by atoms with Crippen molar-refractivity contribution in [2.24, 2.45) is 0 Å². The predicted molar refractivity (Wildman–Crippen MR) is 56.7 cm³/mol. The number of nitro groups is 1. The van der Waals surface area contributed by atoms with E-state index in [1.54, 1.807) is 6.92 Å². The molecule has 0 saturated heterocycles. The van der Waals surface area contributed by atoms with Gasteiger partial charge in [0.1, 0.15) is 0 Å². The molecule has 0 aliphatic rings. The first kappa shape index (κ1) is 13.1. The average molecular weight is 243 g/mol. The highest BCUT2D eigenvalue weighted by Gasteiger charge is 2.29. The van der Waals surface area contributed by atoms with E-state index in [2.05, 4.69) is 15.0 Å². The van der Waals surface area contributed by atoms with Crippen LogP contribution in [0.25, 0.3) is 0 Å². The minimum atomic E-state index is -0.693. The maximum absolute atomic E-state index is 11.7. The van der Waals surface area contributed by atoms with Crippen molar-refractivity contribution in [1.29, 1.82) is 0 Å². The molecule has 1 heterocycles. The molecule has 0 saturated carbocycles. The molecule has 8 heteroatoms. The zero-order valence-electron chi connectivity index (χ0n) is 9.72. The highest BCUT2D eigenvalue weighted by Crippen LogP contribution is 2.22. The number of carbonyl (C=O) groups is 1. The van der Waals surface area contributed by atoms with Crippen LogP contribution < -0.4 is 5.32 Å². The normalized spacial score (nSPS) is 12.2. The van der Waals surface area contributed by atoms with Crippen LogP contribution in [0, 0.1) is 17.0 Å². The maximum Gasteiger partial charge on any atom is 0.344 e. The molecule has 1 unspecified atom stereocenters. The first-order valence-corrected chi connectivity index (χ1v) is 4.87. The monoisotopic (exact) mass is 243 g/mol. The number of aryl methyl sites for hydroxylation is 1. The van der Waals surface area contributed by atoms with E-state index < -0.39 is 16.5 Å². The first-order valence-electron chi connectivity index (χ1n) is 4.87. The molecular formula is C9H13N3O5. The molecule has 1 aromatic heterocycles. The molecule has 0 spiro atoms. The van der Waals surface area contributed by atoms with Gasteiger partial charge in [0.25, 0.3) is 5.91 Å². The maximum atomic E-state index is 11.7. The Morgan fingerprint density at radius 3 is 2.88 bits per heavy atom. The Kier molecular flexibility index (Phi) is 4.16. The SMILES string of the molecule is COCC(C)NC(=O)c1noc(C)c1[N+](=O)[O-]. The van der Waals surface area contributed by atoms with Gasteiger partial charge in [-0.1, -0.05) is 5.16 Å². The summed E-state index contributed by atoms with van der Waals surface area (Å²) in [4.78, 5) is 21.7. The van der Waals surface area contributed by atoms with Gasteiger partial charge in [0.15, 0.2) is 0 Å². The fraction of sp³-hybridized carbons (Fsp3) is 0.556. The van der Waals surface area contributed by atoms with E-state index in [9.17, 15) is 14.9 Å². The van der Waals surface area contributed by atoms with Crippen LogP contribution in [0.2, 0.25) is 0 Å². The number of aromatic nitrogens is 1. The molecule has 0 bridgehead atoms. The lowest BCUT2D eigenvalue weighted by atomic mass is 10.2. The molecule has 94 valence electrons. The van der Waals surface area contributed by atoms with Crippen LogP contribution in [-0.4, -0.2) is 35.7 Å². The Morgan fingerprint density at radius 1 is 1.71 bits per heavy atom. The van der Waals surface area contributed by atoms with Crippen molar-refractivity contribution < 1.29 is 19.0 Å². The van der Waals surface area contributed by atoms with Crippen LogP contribution in [0.3, 0.4) is 0 Å². The van der Waals surface area contributed by atoms with Crippen LogP contribution in [0.4, 0.5) is 5.69 Å². The topological polar surface area (TPSA) is 108 Å². The molecule has 1 atom stereocenters. The number of nitrogens with zero attached hydrogens (tertiary/aromatic N) is 2. The molecule has 0 aromatic carbocycles. The van der Waals surface area contributed by atoms with E-state index in [1.165, 1.54) is 14.0 Å². The van der Waals surface area contributed by atoms with Gasteiger partial charge < -0.3 is 14.6 Å². The first-order chi connectivity index (χ1) is 7.97. The van der Waals surface area contributed by atoms with Crippen molar-refractivity contribution in [1.82, 2.24) is 10.5 Å². The van der Waals surface area contributed by atoms with Gasteiger partial charge in [0.05, 0.1) is 11.5 Å². The summed E-state index contributed by atoms with van der Waals surface area (Å²) in [5.41, 5.74) is -0.734. The lowest BCUT2D eigenvalue weighted by Crippen LogP contribution is -2.36.